The molecule has 2 fully saturated rings. The number of nitrogens with zero attached hydrogens (tertiary/aromatic N) is 3. The number of amides is 2. The second-order valence-electron chi connectivity index (χ2n) is 6.93. The Morgan fingerprint density at radius 3 is 2.43 bits per heavy atom. The summed E-state index contributed by atoms with van der Waals surface area (Å²) >= 11 is 0. The van der Waals surface area contributed by atoms with Crippen LogP contribution in [0, 0.1) is 5.92 Å². The van der Waals surface area contributed by atoms with Gasteiger partial charge in [0.15, 0.2) is 0 Å². The van der Waals surface area contributed by atoms with E-state index in [1.165, 1.54) is 23.4 Å². The molecule has 2 unspecified atom stereocenters. The fraction of sp³-hybridized carbons (Fsp3) is 0.933. The van der Waals surface area contributed by atoms with E-state index in [4.69, 9.17) is 0 Å². The molecule has 2 amide bonds. The molecule has 2 atom stereocenters. The van der Waals surface area contributed by atoms with E-state index in [0.29, 0.717) is 38.8 Å². The number of piperidine rings is 1. The van der Waals surface area contributed by atoms with E-state index in [2.05, 4.69) is 24.1 Å². The largest absolute Gasteiger partial charge is 0.336 e. The number of nitrogens with one attached hydrogen (secondary N) is 1. The van der Waals surface area contributed by atoms with Crippen molar-refractivity contribution in [2.45, 2.75) is 32.7 Å². The first-order chi connectivity index (χ1) is 10.8. The molecule has 1 N–H and O–H groups in total. The second-order valence-corrected chi connectivity index (χ2v) is 8.91. The highest BCUT2D eigenvalue weighted by Gasteiger charge is 2.27. The van der Waals surface area contributed by atoms with Gasteiger partial charge in [0, 0.05) is 45.3 Å². The molecule has 0 aliphatic carbocycles. The molecule has 0 spiro atoms. The summed E-state index contributed by atoms with van der Waals surface area (Å²) in [4.78, 5) is 16.4. The van der Waals surface area contributed by atoms with E-state index in [-0.39, 0.29) is 6.03 Å². The van der Waals surface area contributed by atoms with Crippen molar-refractivity contribution >= 4 is 16.1 Å². The summed E-state index contributed by atoms with van der Waals surface area (Å²) in [6, 6.07) is 0.245. The van der Waals surface area contributed by atoms with Crippen molar-refractivity contribution in [2.24, 2.45) is 5.92 Å². The fourth-order valence-corrected chi connectivity index (χ4v) is 4.15. The van der Waals surface area contributed by atoms with Crippen LogP contribution in [0.4, 0.5) is 4.79 Å². The van der Waals surface area contributed by atoms with Crippen molar-refractivity contribution in [3.63, 3.8) is 0 Å². The van der Waals surface area contributed by atoms with Crippen LogP contribution >= 0.6 is 0 Å². The van der Waals surface area contributed by atoms with Gasteiger partial charge >= 0.3 is 6.03 Å². The van der Waals surface area contributed by atoms with Gasteiger partial charge < -0.3 is 10.2 Å². The van der Waals surface area contributed by atoms with Crippen molar-refractivity contribution in [3.05, 3.63) is 0 Å². The highest BCUT2D eigenvalue weighted by molar-refractivity contribution is 7.88. The number of carbonyl (C=O) groups excluding carboxylic acids is 1. The van der Waals surface area contributed by atoms with Gasteiger partial charge in [0.05, 0.1) is 6.26 Å². The minimum atomic E-state index is -3.15. The van der Waals surface area contributed by atoms with Crippen LogP contribution in [0.2, 0.25) is 0 Å². The molecule has 134 valence electrons. The molecule has 2 heterocycles. The first-order valence-corrected chi connectivity index (χ1v) is 10.3. The van der Waals surface area contributed by atoms with Crippen LogP contribution in [0.5, 0.6) is 0 Å². The Hall–Kier alpha value is -0.860. The van der Waals surface area contributed by atoms with Gasteiger partial charge in [0.1, 0.15) is 0 Å². The highest BCUT2D eigenvalue weighted by atomic mass is 32.2. The van der Waals surface area contributed by atoms with Gasteiger partial charge in [-0.3, -0.25) is 4.90 Å². The molecule has 0 saturated carbocycles. The molecule has 8 heteroatoms. The molecule has 2 rings (SSSR count). The Kier molecular flexibility index (Phi) is 6.27. The minimum absolute atomic E-state index is 0.0879. The van der Waals surface area contributed by atoms with Crippen LogP contribution in [0.1, 0.15) is 26.7 Å². The molecule has 0 aromatic heterocycles. The van der Waals surface area contributed by atoms with E-state index in [0.717, 1.165) is 19.0 Å². The number of hydrogen-bond donors (Lipinski definition) is 1. The summed E-state index contributed by atoms with van der Waals surface area (Å²) in [5.41, 5.74) is 0. The lowest BCUT2D eigenvalue weighted by Crippen LogP contribution is -2.54. The molecule has 0 aromatic rings. The van der Waals surface area contributed by atoms with Gasteiger partial charge in [-0.25, -0.2) is 13.2 Å². The molecular weight excluding hydrogens is 316 g/mol. The van der Waals surface area contributed by atoms with Crippen LogP contribution in [-0.2, 0) is 10.0 Å². The predicted octanol–water partition coefficient (Wildman–Crippen LogP) is 0.394. The first-order valence-electron chi connectivity index (χ1n) is 8.49. The molecular formula is C15H30N4O3S. The van der Waals surface area contributed by atoms with Crippen LogP contribution in [0.15, 0.2) is 0 Å². The van der Waals surface area contributed by atoms with E-state index in [9.17, 15) is 13.2 Å². The maximum Gasteiger partial charge on any atom is 0.317 e. The Balaban J connectivity index is 1.73. The molecule has 0 radical (unpaired) electrons. The molecule has 23 heavy (non-hydrogen) atoms. The molecule has 0 aromatic carbocycles. The lowest BCUT2D eigenvalue weighted by Gasteiger charge is -2.36. The van der Waals surface area contributed by atoms with E-state index < -0.39 is 10.0 Å². The summed E-state index contributed by atoms with van der Waals surface area (Å²) in [7, 11) is -3.15. The van der Waals surface area contributed by atoms with Crippen molar-refractivity contribution in [1.82, 2.24) is 19.4 Å². The first kappa shape index (κ1) is 18.5. The van der Waals surface area contributed by atoms with Crippen LogP contribution in [0.3, 0.4) is 0 Å². The Morgan fingerprint density at radius 1 is 1.22 bits per heavy atom. The van der Waals surface area contributed by atoms with Crippen LogP contribution < -0.4 is 5.32 Å². The summed E-state index contributed by atoms with van der Waals surface area (Å²) in [6.07, 6.45) is 3.73. The third-order valence-electron chi connectivity index (χ3n) is 4.86. The molecule has 2 aliphatic heterocycles. The number of hydrogen-bond acceptors (Lipinski definition) is 4. The van der Waals surface area contributed by atoms with Gasteiger partial charge in [0.25, 0.3) is 0 Å². The van der Waals surface area contributed by atoms with Crippen molar-refractivity contribution in [2.75, 3.05) is 52.1 Å². The van der Waals surface area contributed by atoms with Crippen LogP contribution in [0.25, 0.3) is 0 Å². The van der Waals surface area contributed by atoms with Crippen molar-refractivity contribution in [1.29, 1.82) is 0 Å². The summed E-state index contributed by atoms with van der Waals surface area (Å²) in [6.45, 7) is 8.94. The zero-order valence-corrected chi connectivity index (χ0v) is 15.3. The van der Waals surface area contributed by atoms with Gasteiger partial charge in [0.2, 0.25) is 10.0 Å². The number of carbonyl (C=O) groups is 1. The van der Waals surface area contributed by atoms with E-state index in [1.54, 1.807) is 4.90 Å². The molecule has 2 saturated heterocycles. The van der Waals surface area contributed by atoms with Gasteiger partial charge in [-0.1, -0.05) is 6.92 Å². The number of sulfonamides is 1. The molecule has 0 bridgehead atoms. The molecule has 7 nitrogen and oxygen atoms in total. The minimum Gasteiger partial charge on any atom is -0.336 e. The van der Waals surface area contributed by atoms with E-state index >= 15 is 0 Å². The standard InChI is InChI=1S/C15H30N4O3S/c1-13-5-4-6-18(12-13)14(2)11-16-15(20)17-7-9-19(10-8-17)23(3,21)22/h13-14H,4-12H2,1-3H3,(H,16,20). The summed E-state index contributed by atoms with van der Waals surface area (Å²) < 4.78 is 24.4. The van der Waals surface area contributed by atoms with Gasteiger partial charge in [-0.05, 0) is 32.2 Å². The Morgan fingerprint density at radius 2 is 1.87 bits per heavy atom. The monoisotopic (exact) mass is 346 g/mol. The number of likely N-dealkylation sites (tertiary alicyclic amines) is 1. The zero-order chi connectivity index (χ0) is 17.0. The van der Waals surface area contributed by atoms with Crippen LogP contribution in [-0.4, -0.2) is 86.7 Å². The Bertz CT molecular complexity index is 503. The summed E-state index contributed by atoms with van der Waals surface area (Å²) in [5, 5.41) is 3.00. The lowest BCUT2D eigenvalue weighted by atomic mass is 9.99. The highest BCUT2D eigenvalue weighted by Crippen LogP contribution is 2.17. The maximum absolute atomic E-state index is 12.2. The topological polar surface area (TPSA) is 73.0 Å². The Labute approximate surface area is 140 Å². The normalized spacial score (nSPS) is 26.0. The average molecular weight is 346 g/mol. The van der Waals surface area contributed by atoms with Gasteiger partial charge in [-0.15, -0.1) is 0 Å². The number of piperazine rings is 1. The molecule has 2 aliphatic rings. The van der Waals surface area contributed by atoms with Gasteiger partial charge in [-0.2, -0.15) is 4.31 Å². The fourth-order valence-electron chi connectivity index (χ4n) is 3.32. The predicted molar refractivity (Wildman–Crippen MR) is 90.8 cm³/mol. The summed E-state index contributed by atoms with van der Waals surface area (Å²) in [5.74, 6) is 0.728. The average Bonchev–Trinajstić information content (AvgIpc) is 2.51. The number of urea groups is 1. The SMILES string of the molecule is CC1CCCN(C(C)CNC(=O)N2CCN(S(C)(=O)=O)CC2)C1. The third kappa shape index (κ3) is 5.32. The second kappa shape index (κ2) is 7.81. The maximum atomic E-state index is 12.2. The lowest BCUT2D eigenvalue weighted by molar-refractivity contribution is 0.132. The zero-order valence-electron chi connectivity index (χ0n) is 14.5. The number of rotatable bonds is 4. The van der Waals surface area contributed by atoms with Crippen molar-refractivity contribution in [3.8, 4) is 0 Å². The van der Waals surface area contributed by atoms with Crippen molar-refractivity contribution < 1.29 is 13.2 Å². The third-order valence-corrected chi connectivity index (χ3v) is 6.16. The smallest absolute Gasteiger partial charge is 0.317 e. The van der Waals surface area contributed by atoms with E-state index in [1.807, 2.05) is 0 Å². The quantitative estimate of drug-likeness (QED) is 0.799.